The predicted octanol–water partition coefficient (Wildman–Crippen LogP) is 4.04. The highest BCUT2D eigenvalue weighted by molar-refractivity contribution is 7.14. The van der Waals surface area contributed by atoms with Crippen molar-refractivity contribution in [3.63, 3.8) is 0 Å². The van der Waals surface area contributed by atoms with Crippen LogP contribution in [-0.2, 0) is 4.79 Å². The van der Waals surface area contributed by atoms with Crippen LogP contribution in [0, 0.1) is 12.7 Å². The Labute approximate surface area is 165 Å². The van der Waals surface area contributed by atoms with Crippen LogP contribution in [0.4, 0.5) is 15.2 Å². The summed E-state index contributed by atoms with van der Waals surface area (Å²) in [5, 5.41) is 5.86. The Kier molecular flexibility index (Phi) is 5.90. The number of nitrogens with zero attached hydrogens (tertiary/aromatic N) is 3. The van der Waals surface area contributed by atoms with Crippen molar-refractivity contribution >= 4 is 40.2 Å². The minimum atomic E-state index is -0.520. The number of nitrogens with one attached hydrogen (secondary N) is 1. The highest BCUT2D eigenvalue weighted by atomic mass is 32.1. The number of benzene rings is 2. The van der Waals surface area contributed by atoms with Crippen LogP contribution in [0.3, 0.4) is 0 Å². The zero-order chi connectivity index (χ0) is 20.1. The third-order valence-electron chi connectivity index (χ3n) is 3.79. The fraction of sp³-hybridized carbons (Fsp3) is 0.100. The Morgan fingerprint density at radius 2 is 1.89 bits per heavy atom. The number of para-hydroxylation sites is 1. The number of halogens is 1. The van der Waals surface area contributed by atoms with Gasteiger partial charge in [-0.3, -0.25) is 14.5 Å². The van der Waals surface area contributed by atoms with E-state index in [1.54, 1.807) is 29.6 Å². The molecule has 1 heterocycles. The molecule has 0 aliphatic heterocycles. The van der Waals surface area contributed by atoms with Crippen LogP contribution in [0.1, 0.15) is 28.5 Å². The first-order chi connectivity index (χ1) is 13.5. The van der Waals surface area contributed by atoms with Gasteiger partial charge in [-0.25, -0.2) is 14.8 Å². The van der Waals surface area contributed by atoms with Crippen molar-refractivity contribution in [3.8, 4) is 0 Å². The van der Waals surface area contributed by atoms with E-state index in [1.807, 2.05) is 19.1 Å². The summed E-state index contributed by atoms with van der Waals surface area (Å²) in [6.45, 7) is 3.27. The predicted molar refractivity (Wildman–Crippen MR) is 108 cm³/mol. The molecule has 3 rings (SSSR count). The van der Waals surface area contributed by atoms with Crippen LogP contribution in [0.5, 0.6) is 0 Å². The molecule has 0 unspecified atom stereocenters. The number of rotatable bonds is 5. The maximum atomic E-state index is 14.1. The molecule has 0 saturated carbocycles. The molecule has 3 aromatic rings. The summed E-state index contributed by atoms with van der Waals surface area (Å²) >= 11 is 1.17. The van der Waals surface area contributed by atoms with Gasteiger partial charge < -0.3 is 0 Å². The number of aryl methyl sites for hydroxylation is 1. The van der Waals surface area contributed by atoms with E-state index in [1.165, 1.54) is 41.5 Å². The molecule has 0 bridgehead atoms. The highest BCUT2D eigenvalue weighted by Gasteiger charge is 2.20. The molecule has 1 aromatic heterocycles. The van der Waals surface area contributed by atoms with E-state index in [4.69, 9.17) is 0 Å². The molecule has 0 saturated heterocycles. The van der Waals surface area contributed by atoms with Crippen molar-refractivity contribution in [2.45, 2.75) is 13.8 Å². The Morgan fingerprint density at radius 1 is 1.18 bits per heavy atom. The third-order valence-corrected chi connectivity index (χ3v) is 4.63. The monoisotopic (exact) mass is 396 g/mol. The van der Waals surface area contributed by atoms with E-state index in [0.29, 0.717) is 16.4 Å². The standard InChI is InChI=1S/C20H17FN4O2S/c1-13-7-9-15(10-8-13)19(27)24-22-11-16-12-28-20(23-16)25(14(2)26)18-6-4-3-5-17(18)21/h3-12H,1-2H3,(H,24,27)/b22-11-. The molecule has 0 aliphatic rings. The largest absolute Gasteiger partial charge is 0.274 e. The van der Waals surface area contributed by atoms with Gasteiger partial charge in [-0.1, -0.05) is 29.8 Å². The molecule has 2 aromatic carbocycles. The number of anilines is 2. The molecular weight excluding hydrogens is 379 g/mol. The molecule has 8 heteroatoms. The van der Waals surface area contributed by atoms with Gasteiger partial charge in [0.2, 0.25) is 5.91 Å². The Hall–Kier alpha value is -3.39. The van der Waals surface area contributed by atoms with Gasteiger partial charge in [-0.2, -0.15) is 5.10 Å². The van der Waals surface area contributed by atoms with E-state index >= 15 is 0 Å². The maximum absolute atomic E-state index is 14.1. The lowest BCUT2D eigenvalue weighted by molar-refractivity contribution is -0.115. The van der Waals surface area contributed by atoms with Crippen LogP contribution in [0.15, 0.2) is 59.0 Å². The van der Waals surface area contributed by atoms with E-state index in [9.17, 15) is 14.0 Å². The van der Waals surface area contributed by atoms with Gasteiger partial charge in [-0.15, -0.1) is 11.3 Å². The van der Waals surface area contributed by atoms with Crippen molar-refractivity contribution in [3.05, 3.63) is 76.5 Å². The van der Waals surface area contributed by atoms with Gasteiger partial charge in [0.25, 0.3) is 5.91 Å². The number of carbonyl (C=O) groups excluding carboxylic acids is 2. The number of amides is 2. The number of hydrogen-bond donors (Lipinski definition) is 1. The van der Waals surface area contributed by atoms with Gasteiger partial charge >= 0.3 is 0 Å². The summed E-state index contributed by atoms with van der Waals surface area (Å²) in [7, 11) is 0. The number of hydrazone groups is 1. The molecule has 0 fully saturated rings. The first-order valence-corrected chi connectivity index (χ1v) is 9.24. The lowest BCUT2D eigenvalue weighted by Crippen LogP contribution is -2.23. The zero-order valence-electron chi connectivity index (χ0n) is 15.2. The summed E-state index contributed by atoms with van der Waals surface area (Å²) in [6, 6.07) is 13.1. The van der Waals surface area contributed by atoms with Crippen LogP contribution in [0.2, 0.25) is 0 Å². The van der Waals surface area contributed by atoms with E-state index in [0.717, 1.165) is 5.56 Å². The molecule has 28 heavy (non-hydrogen) atoms. The van der Waals surface area contributed by atoms with Crippen molar-refractivity contribution in [1.82, 2.24) is 10.4 Å². The fourth-order valence-electron chi connectivity index (χ4n) is 2.41. The number of thiazole rings is 1. The molecule has 1 N–H and O–H groups in total. The van der Waals surface area contributed by atoms with E-state index in [2.05, 4.69) is 15.5 Å². The average Bonchev–Trinajstić information content (AvgIpc) is 3.12. The summed E-state index contributed by atoms with van der Waals surface area (Å²) < 4.78 is 14.1. The number of aromatic nitrogens is 1. The van der Waals surface area contributed by atoms with Crippen LogP contribution >= 0.6 is 11.3 Å². The maximum Gasteiger partial charge on any atom is 0.271 e. The lowest BCUT2D eigenvalue weighted by Gasteiger charge is -2.18. The molecule has 0 spiro atoms. The summed E-state index contributed by atoms with van der Waals surface area (Å²) in [5.41, 5.74) is 4.53. The van der Waals surface area contributed by atoms with Gasteiger partial charge in [0, 0.05) is 17.9 Å². The smallest absolute Gasteiger partial charge is 0.271 e. The molecular formula is C20H17FN4O2S. The zero-order valence-corrected chi connectivity index (χ0v) is 16.0. The SMILES string of the molecule is CC(=O)N(c1nc(/C=N\NC(=O)c2ccc(C)cc2)cs1)c1ccccc1F. The normalized spacial score (nSPS) is 10.8. The highest BCUT2D eigenvalue weighted by Crippen LogP contribution is 2.30. The van der Waals surface area contributed by atoms with Gasteiger partial charge in [0.1, 0.15) is 5.82 Å². The second-order valence-corrected chi connectivity index (χ2v) is 6.76. The van der Waals surface area contributed by atoms with Gasteiger partial charge in [0.05, 0.1) is 17.6 Å². The Balaban J connectivity index is 1.73. The third kappa shape index (κ3) is 4.47. The molecule has 142 valence electrons. The van der Waals surface area contributed by atoms with Crippen molar-refractivity contribution in [2.75, 3.05) is 4.90 Å². The van der Waals surface area contributed by atoms with E-state index < -0.39 is 5.82 Å². The second-order valence-electron chi connectivity index (χ2n) is 5.93. The summed E-state index contributed by atoms with van der Waals surface area (Å²) in [4.78, 5) is 29.5. The fourth-order valence-corrected chi connectivity index (χ4v) is 3.24. The van der Waals surface area contributed by atoms with Crippen molar-refractivity contribution < 1.29 is 14.0 Å². The van der Waals surface area contributed by atoms with Crippen LogP contribution in [0.25, 0.3) is 0 Å². The number of carbonyl (C=O) groups is 2. The molecule has 6 nitrogen and oxygen atoms in total. The van der Waals surface area contributed by atoms with Crippen LogP contribution < -0.4 is 10.3 Å². The Bertz CT molecular complexity index is 1030. The Morgan fingerprint density at radius 3 is 2.57 bits per heavy atom. The molecule has 0 aliphatic carbocycles. The first-order valence-electron chi connectivity index (χ1n) is 8.36. The van der Waals surface area contributed by atoms with Gasteiger partial charge in [0.15, 0.2) is 5.13 Å². The molecule has 2 amide bonds. The van der Waals surface area contributed by atoms with E-state index in [-0.39, 0.29) is 17.5 Å². The summed E-state index contributed by atoms with van der Waals surface area (Å²) in [5.74, 6) is -1.23. The van der Waals surface area contributed by atoms with Crippen LogP contribution in [-0.4, -0.2) is 23.0 Å². The average molecular weight is 396 g/mol. The quantitative estimate of drug-likeness (QED) is 0.522. The second kappa shape index (κ2) is 8.53. The minimum Gasteiger partial charge on any atom is -0.274 e. The topological polar surface area (TPSA) is 74.7 Å². The van der Waals surface area contributed by atoms with Gasteiger partial charge in [-0.05, 0) is 31.2 Å². The number of hydrogen-bond acceptors (Lipinski definition) is 5. The first kappa shape index (κ1) is 19.4. The van der Waals surface area contributed by atoms with Crippen molar-refractivity contribution in [1.29, 1.82) is 0 Å². The summed E-state index contributed by atoms with van der Waals surface area (Å²) in [6.07, 6.45) is 1.37. The molecule has 0 radical (unpaired) electrons. The minimum absolute atomic E-state index is 0.125. The van der Waals surface area contributed by atoms with Crippen molar-refractivity contribution in [2.24, 2.45) is 5.10 Å². The molecule has 0 atom stereocenters. The lowest BCUT2D eigenvalue weighted by atomic mass is 10.1.